The van der Waals surface area contributed by atoms with Crippen LogP contribution in [0.1, 0.15) is 12.8 Å². The van der Waals surface area contributed by atoms with Gasteiger partial charge in [-0.1, -0.05) is 15.9 Å². The minimum atomic E-state index is -0.0940. The van der Waals surface area contributed by atoms with E-state index in [-0.39, 0.29) is 10.7 Å². The van der Waals surface area contributed by atoms with Crippen LogP contribution >= 0.6 is 15.9 Å². The number of methoxy groups -OCH3 is 2. The molecule has 1 aliphatic rings. The first-order chi connectivity index (χ1) is 8.65. The third-order valence-corrected chi connectivity index (χ3v) is 3.87. The highest BCUT2D eigenvalue weighted by Crippen LogP contribution is 2.31. The van der Waals surface area contributed by atoms with E-state index in [2.05, 4.69) is 15.9 Å². The minimum absolute atomic E-state index is 0.0940. The standard InChI is InChI=1S/C13H16BrNO3/c1-17-10-6-9(7-11(8-10)18-2)15-5-3-4-12(14)13(15)16/h6-8,12H,3-5H2,1-2H3. The lowest BCUT2D eigenvalue weighted by atomic mass is 10.1. The molecule has 4 nitrogen and oxygen atoms in total. The summed E-state index contributed by atoms with van der Waals surface area (Å²) in [7, 11) is 3.20. The number of halogens is 1. The molecule has 1 aromatic rings. The third kappa shape index (κ3) is 2.61. The molecule has 2 rings (SSSR count). The second kappa shape index (κ2) is 5.61. The number of carbonyl (C=O) groups is 1. The number of nitrogens with zero attached hydrogens (tertiary/aromatic N) is 1. The number of hydrogen-bond donors (Lipinski definition) is 0. The quantitative estimate of drug-likeness (QED) is 0.805. The van der Waals surface area contributed by atoms with Crippen molar-refractivity contribution in [1.29, 1.82) is 0 Å². The van der Waals surface area contributed by atoms with Crippen molar-refractivity contribution in [3.63, 3.8) is 0 Å². The summed E-state index contributed by atoms with van der Waals surface area (Å²) in [6.45, 7) is 0.733. The van der Waals surface area contributed by atoms with Gasteiger partial charge < -0.3 is 14.4 Å². The molecule has 98 valence electrons. The molecule has 5 heteroatoms. The van der Waals surface area contributed by atoms with E-state index < -0.39 is 0 Å². The fraction of sp³-hybridized carbons (Fsp3) is 0.462. The highest BCUT2D eigenvalue weighted by atomic mass is 79.9. The summed E-state index contributed by atoms with van der Waals surface area (Å²) in [5.74, 6) is 1.47. The largest absolute Gasteiger partial charge is 0.497 e. The summed E-state index contributed by atoms with van der Waals surface area (Å²) in [6, 6.07) is 5.50. The summed E-state index contributed by atoms with van der Waals surface area (Å²) in [5, 5.41) is 0. The number of piperidine rings is 1. The first-order valence-electron chi connectivity index (χ1n) is 5.84. The highest BCUT2D eigenvalue weighted by molar-refractivity contribution is 9.10. The van der Waals surface area contributed by atoms with Crippen molar-refractivity contribution in [3.8, 4) is 11.5 Å². The zero-order valence-electron chi connectivity index (χ0n) is 10.5. The molecular weight excluding hydrogens is 298 g/mol. The molecular formula is C13H16BrNO3. The Kier molecular flexibility index (Phi) is 4.11. The fourth-order valence-corrected chi connectivity index (χ4v) is 2.61. The van der Waals surface area contributed by atoms with Gasteiger partial charge in [-0.05, 0) is 12.8 Å². The van der Waals surface area contributed by atoms with Crippen LogP contribution in [0.3, 0.4) is 0 Å². The van der Waals surface area contributed by atoms with Crippen LogP contribution in [-0.4, -0.2) is 31.5 Å². The lowest BCUT2D eigenvalue weighted by molar-refractivity contribution is -0.118. The third-order valence-electron chi connectivity index (χ3n) is 3.02. The van der Waals surface area contributed by atoms with Gasteiger partial charge in [0.1, 0.15) is 11.5 Å². The molecule has 1 saturated heterocycles. The van der Waals surface area contributed by atoms with E-state index in [0.717, 1.165) is 25.1 Å². The lowest BCUT2D eigenvalue weighted by Crippen LogP contribution is -2.41. The van der Waals surface area contributed by atoms with Gasteiger partial charge in [-0.2, -0.15) is 0 Å². The monoisotopic (exact) mass is 313 g/mol. The van der Waals surface area contributed by atoms with Gasteiger partial charge >= 0.3 is 0 Å². The summed E-state index contributed by atoms with van der Waals surface area (Å²) in [4.78, 5) is 13.8. The average Bonchev–Trinajstić information content (AvgIpc) is 2.41. The van der Waals surface area contributed by atoms with Crippen LogP contribution in [0.5, 0.6) is 11.5 Å². The van der Waals surface area contributed by atoms with Crippen LogP contribution in [0.25, 0.3) is 0 Å². The van der Waals surface area contributed by atoms with E-state index in [0.29, 0.717) is 11.5 Å². The molecule has 1 amide bonds. The first-order valence-corrected chi connectivity index (χ1v) is 6.76. The van der Waals surface area contributed by atoms with Crippen molar-refractivity contribution in [2.75, 3.05) is 25.7 Å². The molecule has 0 saturated carbocycles. The average molecular weight is 314 g/mol. The minimum Gasteiger partial charge on any atom is -0.497 e. The summed E-state index contributed by atoms with van der Waals surface area (Å²) < 4.78 is 10.4. The van der Waals surface area contributed by atoms with Crippen molar-refractivity contribution >= 4 is 27.5 Å². The molecule has 0 radical (unpaired) electrons. The second-order valence-electron chi connectivity index (χ2n) is 4.17. The Morgan fingerprint density at radius 1 is 1.22 bits per heavy atom. The van der Waals surface area contributed by atoms with Crippen LogP contribution in [0.15, 0.2) is 18.2 Å². The van der Waals surface area contributed by atoms with Crippen LogP contribution < -0.4 is 14.4 Å². The summed E-state index contributed by atoms with van der Waals surface area (Å²) in [6.07, 6.45) is 1.87. The molecule has 0 bridgehead atoms. The van der Waals surface area contributed by atoms with Crippen molar-refractivity contribution < 1.29 is 14.3 Å². The Labute approximate surface area is 115 Å². The predicted molar refractivity (Wildman–Crippen MR) is 73.8 cm³/mol. The topological polar surface area (TPSA) is 38.8 Å². The Morgan fingerprint density at radius 3 is 2.39 bits per heavy atom. The van der Waals surface area contributed by atoms with Gasteiger partial charge in [0.15, 0.2) is 0 Å². The van der Waals surface area contributed by atoms with Gasteiger partial charge in [-0.3, -0.25) is 4.79 Å². The molecule has 0 N–H and O–H groups in total. The number of rotatable bonds is 3. The van der Waals surface area contributed by atoms with Crippen molar-refractivity contribution in [3.05, 3.63) is 18.2 Å². The van der Waals surface area contributed by atoms with Crippen molar-refractivity contribution in [1.82, 2.24) is 0 Å². The van der Waals surface area contributed by atoms with E-state index in [9.17, 15) is 4.79 Å². The highest BCUT2D eigenvalue weighted by Gasteiger charge is 2.28. The number of hydrogen-bond acceptors (Lipinski definition) is 3. The van der Waals surface area contributed by atoms with Crippen LogP contribution in [0.4, 0.5) is 5.69 Å². The molecule has 1 fully saturated rings. The normalized spacial score (nSPS) is 19.8. The number of alkyl halides is 1. The molecule has 18 heavy (non-hydrogen) atoms. The first kappa shape index (κ1) is 13.2. The number of anilines is 1. The van der Waals surface area contributed by atoms with E-state index in [1.165, 1.54) is 0 Å². The zero-order valence-corrected chi connectivity index (χ0v) is 12.1. The molecule has 0 spiro atoms. The maximum atomic E-state index is 12.1. The maximum Gasteiger partial charge on any atom is 0.240 e. The number of ether oxygens (including phenoxy) is 2. The van der Waals surface area contributed by atoms with Crippen molar-refractivity contribution in [2.45, 2.75) is 17.7 Å². The predicted octanol–water partition coefficient (Wildman–Crippen LogP) is 2.59. The van der Waals surface area contributed by atoms with E-state index >= 15 is 0 Å². The van der Waals surface area contributed by atoms with Gasteiger partial charge in [0.25, 0.3) is 0 Å². The number of benzene rings is 1. The van der Waals surface area contributed by atoms with Gasteiger partial charge in [-0.25, -0.2) is 0 Å². The molecule has 0 aliphatic carbocycles. The fourth-order valence-electron chi connectivity index (χ4n) is 2.04. The smallest absolute Gasteiger partial charge is 0.240 e. The Bertz CT molecular complexity index is 428. The summed E-state index contributed by atoms with van der Waals surface area (Å²) >= 11 is 3.41. The summed E-state index contributed by atoms with van der Waals surface area (Å²) in [5.41, 5.74) is 0.820. The van der Waals surface area contributed by atoms with E-state index in [1.807, 2.05) is 12.1 Å². The Balaban J connectivity index is 2.34. The van der Waals surface area contributed by atoms with Crippen molar-refractivity contribution in [2.24, 2.45) is 0 Å². The van der Waals surface area contributed by atoms with Gasteiger partial charge in [0.05, 0.1) is 24.7 Å². The van der Waals surface area contributed by atoms with Gasteiger partial charge in [0, 0.05) is 24.7 Å². The molecule has 0 aromatic heterocycles. The van der Waals surface area contributed by atoms with E-state index in [4.69, 9.17) is 9.47 Å². The second-order valence-corrected chi connectivity index (χ2v) is 5.28. The van der Waals surface area contributed by atoms with Crippen LogP contribution in [0.2, 0.25) is 0 Å². The molecule has 1 aliphatic heterocycles. The maximum absolute atomic E-state index is 12.1. The van der Waals surface area contributed by atoms with Gasteiger partial charge in [-0.15, -0.1) is 0 Å². The van der Waals surface area contributed by atoms with Crippen LogP contribution in [0, 0.1) is 0 Å². The zero-order chi connectivity index (χ0) is 13.1. The number of amides is 1. The van der Waals surface area contributed by atoms with Gasteiger partial charge in [0.2, 0.25) is 5.91 Å². The lowest BCUT2D eigenvalue weighted by Gasteiger charge is -2.30. The molecule has 1 unspecified atom stereocenters. The van der Waals surface area contributed by atoms with E-state index in [1.54, 1.807) is 25.2 Å². The molecule has 1 atom stereocenters. The number of carbonyl (C=O) groups excluding carboxylic acids is 1. The SMILES string of the molecule is COc1cc(OC)cc(N2CCCC(Br)C2=O)c1. The molecule has 1 aromatic carbocycles. The molecule has 1 heterocycles. The Morgan fingerprint density at radius 2 is 1.83 bits per heavy atom. The van der Waals surface area contributed by atoms with Crippen LogP contribution in [-0.2, 0) is 4.79 Å². The Hall–Kier alpha value is -1.23.